The first-order valence-electron chi connectivity index (χ1n) is 10.4. The fraction of sp³-hybridized carbons (Fsp3) is 0.364. The number of nitrogens with zero attached hydrogens (tertiary/aromatic N) is 3. The van der Waals surface area contributed by atoms with Crippen molar-refractivity contribution in [3.63, 3.8) is 0 Å². The third-order valence-electron chi connectivity index (χ3n) is 5.33. The van der Waals surface area contributed by atoms with E-state index in [1.807, 2.05) is 11.5 Å². The molecule has 4 rings (SSSR count). The molecule has 0 bridgehead atoms. The molecule has 1 N–H and O–H groups in total. The third kappa shape index (κ3) is 4.73. The van der Waals surface area contributed by atoms with Crippen molar-refractivity contribution in [2.75, 3.05) is 25.3 Å². The molecule has 1 aromatic carbocycles. The molecule has 0 aliphatic heterocycles. The summed E-state index contributed by atoms with van der Waals surface area (Å²) in [5, 5.41) is 13.2. The molecule has 2 aromatic heterocycles. The van der Waals surface area contributed by atoms with Gasteiger partial charge in [0.2, 0.25) is 5.91 Å². The maximum atomic E-state index is 12.7. The van der Waals surface area contributed by atoms with Crippen LogP contribution in [-0.4, -0.2) is 46.6 Å². The summed E-state index contributed by atoms with van der Waals surface area (Å²) in [6.07, 6.45) is 2.77. The summed E-state index contributed by atoms with van der Waals surface area (Å²) in [5.74, 6) is 0.730. The van der Waals surface area contributed by atoms with Crippen molar-refractivity contribution in [3.05, 3.63) is 39.2 Å². The number of aryl methyl sites for hydroxylation is 1. The van der Waals surface area contributed by atoms with Crippen LogP contribution in [0.3, 0.4) is 0 Å². The number of ether oxygens (including phenoxy) is 2. The summed E-state index contributed by atoms with van der Waals surface area (Å²) in [4.78, 5) is 26.2. The summed E-state index contributed by atoms with van der Waals surface area (Å²) < 4.78 is 12.3. The number of fused-ring (bicyclic) bond motifs is 1. The van der Waals surface area contributed by atoms with Crippen LogP contribution in [-0.2, 0) is 28.9 Å². The van der Waals surface area contributed by atoms with Gasteiger partial charge in [0, 0.05) is 16.4 Å². The maximum absolute atomic E-state index is 12.7. The number of anilines is 1. The fourth-order valence-corrected chi connectivity index (χ4v) is 6.11. The van der Waals surface area contributed by atoms with E-state index in [-0.39, 0.29) is 11.7 Å². The summed E-state index contributed by atoms with van der Waals surface area (Å²) in [6.45, 7) is 2.58. The largest absolute Gasteiger partial charge is 0.496 e. The lowest BCUT2D eigenvalue weighted by molar-refractivity contribution is -0.113. The highest BCUT2D eigenvalue weighted by Crippen LogP contribution is 2.39. The number of thiophene rings is 1. The molecule has 0 saturated heterocycles. The van der Waals surface area contributed by atoms with Crippen LogP contribution in [0.5, 0.6) is 5.75 Å². The van der Waals surface area contributed by atoms with Gasteiger partial charge in [0.05, 0.1) is 31.1 Å². The lowest BCUT2D eigenvalue weighted by atomic mass is 10.1. The van der Waals surface area contributed by atoms with Gasteiger partial charge in [-0.15, -0.1) is 21.5 Å². The van der Waals surface area contributed by atoms with Gasteiger partial charge in [-0.25, -0.2) is 4.79 Å². The van der Waals surface area contributed by atoms with Gasteiger partial charge in [0.15, 0.2) is 11.0 Å². The lowest BCUT2D eigenvalue weighted by Crippen LogP contribution is -2.16. The van der Waals surface area contributed by atoms with Crippen LogP contribution >= 0.6 is 34.7 Å². The second-order valence-electron chi connectivity index (χ2n) is 7.28. The van der Waals surface area contributed by atoms with E-state index in [1.54, 1.807) is 25.3 Å². The SMILES string of the molecule is CCn1c(SCC(=O)Nc2sc3c(c2C(=O)OC)CCC3)nnc1-c1cc(Cl)ccc1OC. The van der Waals surface area contributed by atoms with E-state index in [4.69, 9.17) is 21.1 Å². The summed E-state index contributed by atoms with van der Waals surface area (Å²) in [6, 6.07) is 5.31. The minimum absolute atomic E-state index is 0.119. The summed E-state index contributed by atoms with van der Waals surface area (Å²) in [7, 11) is 2.94. The minimum Gasteiger partial charge on any atom is -0.496 e. The van der Waals surface area contributed by atoms with Crippen LogP contribution in [0, 0.1) is 0 Å². The molecule has 1 aliphatic rings. The van der Waals surface area contributed by atoms with Gasteiger partial charge >= 0.3 is 5.97 Å². The average Bonchev–Trinajstić information content (AvgIpc) is 3.51. The fourth-order valence-electron chi connectivity index (χ4n) is 3.84. The molecule has 2 heterocycles. The molecule has 33 heavy (non-hydrogen) atoms. The molecule has 1 aliphatic carbocycles. The van der Waals surface area contributed by atoms with Gasteiger partial charge < -0.3 is 19.4 Å². The maximum Gasteiger partial charge on any atom is 0.341 e. The first-order chi connectivity index (χ1) is 16.0. The average molecular weight is 507 g/mol. The number of carbonyl (C=O) groups is 2. The van der Waals surface area contributed by atoms with Crippen molar-refractivity contribution in [2.45, 2.75) is 37.9 Å². The Balaban J connectivity index is 1.50. The Kier molecular flexibility index (Phi) is 7.26. The Labute approximate surface area is 204 Å². The number of carbonyl (C=O) groups excluding carboxylic acids is 2. The van der Waals surface area contributed by atoms with Crippen molar-refractivity contribution in [1.29, 1.82) is 0 Å². The van der Waals surface area contributed by atoms with Crippen molar-refractivity contribution < 1.29 is 19.1 Å². The first kappa shape index (κ1) is 23.6. The number of methoxy groups -OCH3 is 2. The quantitative estimate of drug-likeness (QED) is 0.349. The number of hydrogen-bond donors (Lipinski definition) is 1. The smallest absolute Gasteiger partial charge is 0.341 e. The van der Waals surface area contributed by atoms with Crippen molar-refractivity contribution in [3.8, 4) is 17.1 Å². The van der Waals surface area contributed by atoms with Gasteiger partial charge in [0.1, 0.15) is 10.8 Å². The second-order valence-corrected chi connectivity index (χ2v) is 9.77. The second kappa shape index (κ2) is 10.1. The van der Waals surface area contributed by atoms with Gasteiger partial charge in [-0.2, -0.15) is 0 Å². The highest BCUT2D eigenvalue weighted by atomic mass is 35.5. The van der Waals surface area contributed by atoms with E-state index in [0.29, 0.717) is 38.9 Å². The first-order valence-corrected chi connectivity index (χ1v) is 12.6. The number of esters is 1. The van der Waals surface area contributed by atoms with Crippen molar-refractivity contribution >= 4 is 51.6 Å². The predicted octanol–water partition coefficient (Wildman–Crippen LogP) is 4.69. The van der Waals surface area contributed by atoms with Crippen molar-refractivity contribution in [1.82, 2.24) is 14.8 Å². The van der Waals surface area contributed by atoms with Gasteiger partial charge in [-0.1, -0.05) is 23.4 Å². The number of rotatable bonds is 8. The predicted molar refractivity (Wildman–Crippen MR) is 130 cm³/mol. The Morgan fingerprint density at radius 2 is 2.09 bits per heavy atom. The van der Waals surface area contributed by atoms with Crippen LogP contribution in [0.15, 0.2) is 23.4 Å². The summed E-state index contributed by atoms with van der Waals surface area (Å²) in [5.41, 5.74) is 2.22. The van der Waals surface area contributed by atoms with Crippen LogP contribution in [0.25, 0.3) is 11.4 Å². The molecule has 0 atom stereocenters. The molecule has 3 aromatic rings. The molecular weight excluding hydrogens is 484 g/mol. The highest BCUT2D eigenvalue weighted by Gasteiger charge is 2.28. The van der Waals surface area contributed by atoms with Crippen LogP contribution < -0.4 is 10.1 Å². The number of aromatic nitrogens is 3. The Morgan fingerprint density at radius 1 is 1.27 bits per heavy atom. The van der Waals surface area contributed by atoms with E-state index in [9.17, 15) is 9.59 Å². The highest BCUT2D eigenvalue weighted by molar-refractivity contribution is 7.99. The van der Waals surface area contributed by atoms with Crippen LogP contribution in [0.1, 0.15) is 34.1 Å². The lowest BCUT2D eigenvalue weighted by Gasteiger charge is -2.11. The number of hydrogen-bond acceptors (Lipinski definition) is 8. The van der Waals surface area contributed by atoms with Crippen molar-refractivity contribution in [2.24, 2.45) is 0 Å². The summed E-state index contributed by atoms with van der Waals surface area (Å²) >= 11 is 8.91. The topological polar surface area (TPSA) is 95.3 Å². The number of benzene rings is 1. The van der Waals surface area contributed by atoms with E-state index in [2.05, 4.69) is 15.5 Å². The number of amides is 1. The van der Waals surface area contributed by atoms with E-state index in [0.717, 1.165) is 35.3 Å². The zero-order chi connectivity index (χ0) is 23.5. The minimum atomic E-state index is -0.414. The van der Waals surface area contributed by atoms with Gasteiger partial charge in [0.25, 0.3) is 0 Å². The number of thioether (sulfide) groups is 1. The van der Waals surface area contributed by atoms with E-state index in [1.165, 1.54) is 30.2 Å². The molecule has 0 unspecified atom stereocenters. The number of nitrogens with one attached hydrogen (secondary N) is 1. The van der Waals surface area contributed by atoms with Crippen LogP contribution in [0.4, 0.5) is 5.00 Å². The third-order valence-corrected chi connectivity index (χ3v) is 7.74. The molecule has 8 nitrogen and oxygen atoms in total. The molecule has 11 heteroatoms. The van der Waals surface area contributed by atoms with E-state index >= 15 is 0 Å². The van der Waals surface area contributed by atoms with E-state index < -0.39 is 5.97 Å². The zero-order valence-electron chi connectivity index (χ0n) is 18.4. The Hall–Kier alpha value is -2.56. The Morgan fingerprint density at radius 3 is 2.82 bits per heavy atom. The van der Waals surface area contributed by atoms with Crippen LogP contribution in [0.2, 0.25) is 5.02 Å². The normalized spacial score (nSPS) is 12.5. The molecule has 0 radical (unpaired) electrons. The molecule has 1 amide bonds. The zero-order valence-corrected chi connectivity index (χ0v) is 20.8. The van der Waals surface area contributed by atoms with Gasteiger partial charge in [-0.05, 0) is 49.9 Å². The molecule has 0 fully saturated rings. The molecule has 174 valence electrons. The van der Waals surface area contributed by atoms with Gasteiger partial charge in [-0.3, -0.25) is 4.79 Å². The Bertz CT molecular complexity index is 1210. The molecular formula is C22H23ClN4O4S2. The number of halogens is 1. The standard InChI is InChI=1S/C22H23ClN4O4S2/c1-4-27-19(14-10-12(23)8-9-15(14)30-2)25-26-22(27)32-11-17(28)24-20-18(21(29)31-3)13-6-5-7-16(13)33-20/h8-10H,4-7,11H2,1-3H3,(H,24,28). The molecule has 0 spiro atoms. The monoisotopic (exact) mass is 506 g/mol. The molecule has 0 saturated carbocycles.